The predicted molar refractivity (Wildman–Crippen MR) is 117 cm³/mol. The van der Waals surface area contributed by atoms with Gasteiger partial charge in [-0.05, 0) is 56.0 Å². The molecule has 3 rings (SSSR count). The monoisotopic (exact) mass is 450 g/mol. The van der Waals surface area contributed by atoms with Crippen LogP contribution in [0.15, 0.2) is 29.2 Å². The normalized spacial score (nSPS) is 13.3. The molecule has 0 unspecified atom stereocenters. The number of esters is 1. The zero-order valence-electron chi connectivity index (χ0n) is 17.4. The number of ether oxygens (including phenoxy) is 1. The maximum absolute atomic E-state index is 12.8. The first-order chi connectivity index (χ1) is 14.3. The van der Waals surface area contributed by atoms with Crippen molar-refractivity contribution in [3.63, 3.8) is 0 Å². The summed E-state index contributed by atoms with van der Waals surface area (Å²) in [6.07, 6.45) is 2.68. The highest BCUT2D eigenvalue weighted by molar-refractivity contribution is 7.89. The first-order valence-electron chi connectivity index (χ1n) is 10.1. The van der Waals surface area contributed by atoms with Crippen LogP contribution in [-0.2, 0) is 27.6 Å². The van der Waals surface area contributed by atoms with Crippen LogP contribution in [0.5, 0.6) is 0 Å². The highest BCUT2D eigenvalue weighted by Crippen LogP contribution is 2.39. The lowest BCUT2D eigenvalue weighted by Gasteiger charge is -2.18. The Bertz CT molecular complexity index is 1040. The standard InChI is InChI=1S/C21H26N2O5S2/c1-4-23(5-2)30(26,27)15-12-10-14(11-13-15)19(24)22-20-18(21(25)28-6-3)16-8-7-9-17(16)29-20/h10-13H,4-9H2,1-3H3,(H,22,24). The molecule has 1 amide bonds. The molecule has 162 valence electrons. The fourth-order valence-corrected chi connectivity index (χ4v) is 6.31. The maximum Gasteiger partial charge on any atom is 0.341 e. The van der Waals surface area contributed by atoms with E-state index in [1.54, 1.807) is 20.8 Å². The zero-order chi connectivity index (χ0) is 21.9. The summed E-state index contributed by atoms with van der Waals surface area (Å²) < 4.78 is 31.7. The van der Waals surface area contributed by atoms with E-state index in [1.807, 2.05) is 0 Å². The van der Waals surface area contributed by atoms with Crippen molar-refractivity contribution >= 4 is 38.2 Å². The number of nitrogens with one attached hydrogen (secondary N) is 1. The molecule has 2 aromatic rings. The molecule has 0 atom stereocenters. The highest BCUT2D eigenvalue weighted by atomic mass is 32.2. The second-order valence-corrected chi connectivity index (χ2v) is 9.89. The number of benzene rings is 1. The van der Waals surface area contributed by atoms with E-state index in [9.17, 15) is 18.0 Å². The number of aryl methyl sites for hydroxylation is 1. The summed E-state index contributed by atoms with van der Waals surface area (Å²) in [5.74, 6) is -0.819. The number of carbonyl (C=O) groups is 2. The van der Waals surface area contributed by atoms with Crippen molar-refractivity contribution in [2.24, 2.45) is 0 Å². The highest BCUT2D eigenvalue weighted by Gasteiger charge is 2.28. The molecular formula is C21H26N2O5S2. The van der Waals surface area contributed by atoms with Crippen molar-refractivity contribution in [2.45, 2.75) is 44.9 Å². The van der Waals surface area contributed by atoms with Gasteiger partial charge in [-0.25, -0.2) is 13.2 Å². The van der Waals surface area contributed by atoms with Crippen LogP contribution in [0, 0.1) is 0 Å². The third-order valence-electron chi connectivity index (χ3n) is 5.09. The molecule has 1 aromatic heterocycles. The van der Waals surface area contributed by atoms with Gasteiger partial charge in [0.25, 0.3) is 5.91 Å². The Labute approximate surface area is 181 Å². The Morgan fingerprint density at radius 3 is 2.37 bits per heavy atom. The number of fused-ring (bicyclic) bond motifs is 1. The van der Waals surface area contributed by atoms with E-state index in [0.717, 1.165) is 29.7 Å². The molecular weight excluding hydrogens is 424 g/mol. The lowest BCUT2D eigenvalue weighted by Crippen LogP contribution is -2.30. The second-order valence-electron chi connectivity index (χ2n) is 6.85. The fraction of sp³-hybridized carbons (Fsp3) is 0.429. The minimum absolute atomic E-state index is 0.144. The second kappa shape index (κ2) is 9.28. The van der Waals surface area contributed by atoms with Crippen LogP contribution in [0.1, 0.15) is 58.3 Å². The lowest BCUT2D eigenvalue weighted by molar-refractivity contribution is 0.0527. The van der Waals surface area contributed by atoms with E-state index < -0.39 is 21.9 Å². The Kier molecular flexibility index (Phi) is 6.95. The molecule has 1 aliphatic carbocycles. The van der Waals surface area contributed by atoms with Crippen LogP contribution < -0.4 is 5.32 Å². The van der Waals surface area contributed by atoms with Crippen LogP contribution >= 0.6 is 11.3 Å². The van der Waals surface area contributed by atoms with Gasteiger partial charge in [0.1, 0.15) is 5.00 Å². The average Bonchev–Trinajstić information content (AvgIpc) is 3.29. The van der Waals surface area contributed by atoms with E-state index in [0.29, 0.717) is 29.2 Å². The van der Waals surface area contributed by atoms with Crippen molar-refractivity contribution in [1.29, 1.82) is 0 Å². The van der Waals surface area contributed by atoms with Crippen LogP contribution in [0.25, 0.3) is 0 Å². The molecule has 0 aliphatic heterocycles. The molecule has 9 heteroatoms. The first-order valence-corrected chi connectivity index (χ1v) is 12.3. The van der Waals surface area contributed by atoms with Gasteiger partial charge in [-0.2, -0.15) is 4.31 Å². The molecule has 0 spiro atoms. The van der Waals surface area contributed by atoms with E-state index in [4.69, 9.17) is 4.74 Å². The summed E-state index contributed by atoms with van der Waals surface area (Å²) in [4.78, 5) is 26.5. The molecule has 0 radical (unpaired) electrons. The number of amides is 1. The van der Waals surface area contributed by atoms with Gasteiger partial charge in [-0.1, -0.05) is 13.8 Å². The molecule has 0 fully saturated rings. The molecule has 0 saturated carbocycles. The van der Waals surface area contributed by atoms with Crippen LogP contribution in [-0.4, -0.2) is 44.3 Å². The number of carbonyl (C=O) groups excluding carboxylic acids is 2. The van der Waals surface area contributed by atoms with Crippen LogP contribution in [0.3, 0.4) is 0 Å². The minimum Gasteiger partial charge on any atom is -0.462 e. The van der Waals surface area contributed by atoms with Crippen LogP contribution in [0.4, 0.5) is 5.00 Å². The summed E-state index contributed by atoms with van der Waals surface area (Å²) in [7, 11) is -3.58. The summed E-state index contributed by atoms with van der Waals surface area (Å²) in [5, 5.41) is 3.31. The topological polar surface area (TPSA) is 92.8 Å². The Morgan fingerprint density at radius 2 is 1.77 bits per heavy atom. The third kappa shape index (κ3) is 4.28. The lowest BCUT2D eigenvalue weighted by atomic mass is 10.1. The van der Waals surface area contributed by atoms with E-state index >= 15 is 0 Å². The number of nitrogens with zero attached hydrogens (tertiary/aromatic N) is 1. The van der Waals surface area contributed by atoms with Gasteiger partial charge in [-0.15, -0.1) is 11.3 Å². The molecule has 1 aliphatic rings. The Balaban J connectivity index is 1.83. The van der Waals surface area contributed by atoms with Crippen LogP contribution in [0.2, 0.25) is 0 Å². The van der Waals surface area contributed by atoms with Crippen molar-refractivity contribution in [3.05, 3.63) is 45.8 Å². The zero-order valence-corrected chi connectivity index (χ0v) is 19.0. The fourth-order valence-electron chi connectivity index (χ4n) is 3.58. The number of hydrogen-bond donors (Lipinski definition) is 1. The molecule has 1 aromatic carbocycles. The number of anilines is 1. The molecule has 30 heavy (non-hydrogen) atoms. The SMILES string of the molecule is CCOC(=O)c1c(NC(=O)c2ccc(S(=O)(=O)N(CC)CC)cc2)sc2c1CCC2. The van der Waals surface area contributed by atoms with Gasteiger partial charge in [0.2, 0.25) is 10.0 Å². The Hall–Kier alpha value is -2.23. The van der Waals surface area contributed by atoms with Crippen molar-refractivity contribution in [2.75, 3.05) is 25.0 Å². The van der Waals surface area contributed by atoms with Gasteiger partial charge in [0, 0.05) is 23.5 Å². The summed E-state index contributed by atoms with van der Waals surface area (Å²) in [6.45, 7) is 6.32. The number of thiophene rings is 1. The number of sulfonamides is 1. The van der Waals surface area contributed by atoms with Crippen molar-refractivity contribution in [3.8, 4) is 0 Å². The van der Waals surface area contributed by atoms with Crippen molar-refractivity contribution in [1.82, 2.24) is 4.31 Å². The predicted octanol–water partition coefficient (Wildman–Crippen LogP) is 3.70. The van der Waals surface area contributed by atoms with Gasteiger partial charge in [-0.3, -0.25) is 4.79 Å². The van der Waals surface area contributed by atoms with E-state index in [1.165, 1.54) is 39.9 Å². The summed E-state index contributed by atoms with van der Waals surface area (Å²) in [6, 6.07) is 5.83. The van der Waals surface area contributed by atoms with E-state index in [-0.39, 0.29) is 11.5 Å². The summed E-state index contributed by atoms with van der Waals surface area (Å²) in [5.41, 5.74) is 1.73. The van der Waals surface area contributed by atoms with Gasteiger partial charge < -0.3 is 10.1 Å². The van der Waals surface area contributed by atoms with Crippen molar-refractivity contribution < 1.29 is 22.7 Å². The molecule has 0 saturated heterocycles. The minimum atomic E-state index is -3.58. The number of hydrogen-bond acceptors (Lipinski definition) is 6. The third-order valence-corrected chi connectivity index (χ3v) is 8.36. The number of rotatable bonds is 8. The van der Waals surface area contributed by atoms with Gasteiger partial charge in [0.05, 0.1) is 17.1 Å². The van der Waals surface area contributed by atoms with Gasteiger partial charge in [0.15, 0.2) is 0 Å². The smallest absolute Gasteiger partial charge is 0.341 e. The largest absolute Gasteiger partial charge is 0.462 e. The molecule has 1 N–H and O–H groups in total. The molecule has 1 heterocycles. The average molecular weight is 451 g/mol. The Morgan fingerprint density at radius 1 is 1.10 bits per heavy atom. The quantitative estimate of drug-likeness (QED) is 0.619. The summed E-state index contributed by atoms with van der Waals surface area (Å²) >= 11 is 1.41. The maximum atomic E-state index is 12.8. The first kappa shape index (κ1) is 22.5. The van der Waals surface area contributed by atoms with E-state index in [2.05, 4.69) is 5.32 Å². The molecule has 0 bridgehead atoms. The molecule has 7 nitrogen and oxygen atoms in total. The van der Waals surface area contributed by atoms with Gasteiger partial charge >= 0.3 is 5.97 Å².